The van der Waals surface area contributed by atoms with E-state index in [-0.39, 0.29) is 10.6 Å². The third-order valence-corrected chi connectivity index (χ3v) is 7.08. The molecule has 0 unspecified atom stereocenters. The molecule has 0 saturated carbocycles. The number of hydrogen-bond acceptors (Lipinski definition) is 6. The number of hydrogen-bond donors (Lipinski definition) is 0. The first-order chi connectivity index (χ1) is 15.4. The SMILES string of the molecule is O=CN1CCN(C(=O)CN(c2ccc(F)cc2)S(=O)(=O)c2ccc3c(c2)OCCO3)CC1. The summed E-state index contributed by atoms with van der Waals surface area (Å²) in [7, 11) is -4.19. The van der Waals surface area contributed by atoms with Gasteiger partial charge in [-0.05, 0) is 36.4 Å². The van der Waals surface area contributed by atoms with Crippen molar-refractivity contribution in [3.8, 4) is 11.5 Å². The van der Waals surface area contributed by atoms with Crippen LogP contribution in [0.2, 0.25) is 0 Å². The van der Waals surface area contributed by atoms with Crippen molar-refractivity contribution >= 4 is 28.0 Å². The molecule has 1 saturated heterocycles. The molecule has 9 nitrogen and oxygen atoms in total. The van der Waals surface area contributed by atoms with E-state index in [0.717, 1.165) is 22.8 Å². The zero-order valence-corrected chi connectivity index (χ0v) is 18.0. The van der Waals surface area contributed by atoms with E-state index in [1.807, 2.05) is 0 Å². The smallest absolute Gasteiger partial charge is 0.264 e. The summed E-state index contributed by atoms with van der Waals surface area (Å²) in [5.74, 6) is -0.205. The molecule has 11 heteroatoms. The summed E-state index contributed by atoms with van der Waals surface area (Å²) >= 11 is 0. The maximum Gasteiger partial charge on any atom is 0.264 e. The van der Waals surface area contributed by atoms with Crippen LogP contribution in [0.1, 0.15) is 0 Å². The van der Waals surface area contributed by atoms with Gasteiger partial charge in [-0.15, -0.1) is 0 Å². The Morgan fingerprint density at radius 1 is 1.00 bits per heavy atom. The summed E-state index contributed by atoms with van der Waals surface area (Å²) in [6, 6.07) is 9.13. The van der Waals surface area contributed by atoms with Crippen LogP contribution in [-0.4, -0.2) is 76.5 Å². The summed E-state index contributed by atoms with van der Waals surface area (Å²) in [6.07, 6.45) is 0.721. The number of halogens is 1. The number of anilines is 1. The number of rotatable bonds is 6. The van der Waals surface area contributed by atoms with Gasteiger partial charge in [0.15, 0.2) is 11.5 Å². The molecule has 2 aliphatic rings. The number of amides is 2. The lowest BCUT2D eigenvalue weighted by molar-refractivity contribution is -0.133. The second kappa shape index (κ2) is 9.03. The number of fused-ring (bicyclic) bond motifs is 1. The molecular formula is C21H22FN3O6S. The maximum absolute atomic E-state index is 13.5. The van der Waals surface area contributed by atoms with Crippen LogP contribution < -0.4 is 13.8 Å². The van der Waals surface area contributed by atoms with Gasteiger partial charge in [0.1, 0.15) is 25.6 Å². The van der Waals surface area contributed by atoms with Crippen molar-refractivity contribution in [2.24, 2.45) is 0 Å². The number of ether oxygens (including phenoxy) is 2. The molecule has 0 bridgehead atoms. The molecule has 0 radical (unpaired) electrons. The van der Waals surface area contributed by atoms with E-state index in [2.05, 4.69) is 0 Å². The third kappa shape index (κ3) is 4.47. The standard InChI is InChI=1S/C21H22FN3O6S/c22-16-1-3-17(4-2-16)25(14-21(27)24-9-7-23(15-26)8-10-24)32(28,29)18-5-6-19-20(13-18)31-12-11-30-19/h1-6,13,15H,7-12,14H2. The van der Waals surface area contributed by atoms with Crippen molar-refractivity contribution in [1.29, 1.82) is 0 Å². The average molecular weight is 463 g/mol. The molecule has 170 valence electrons. The van der Waals surface area contributed by atoms with Crippen LogP contribution in [0.4, 0.5) is 10.1 Å². The first-order valence-corrected chi connectivity index (χ1v) is 11.5. The predicted octanol–water partition coefficient (Wildman–Crippen LogP) is 1.09. The summed E-state index contributed by atoms with van der Waals surface area (Å²) in [6.45, 7) is 1.55. The molecule has 0 N–H and O–H groups in total. The van der Waals surface area contributed by atoms with Crippen LogP contribution in [0.3, 0.4) is 0 Å². The van der Waals surface area contributed by atoms with Gasteiger partial charge < -0.3 is 19.3 Å². The topological polar surface area (TPSA) is 96.5 Å². The zero-order valence-electron chi connectivity index (χ0n) is 17.1. The van der Waals surface area contributed by atoms with Crippen LogP contribution in [0.15, 0.2) is 47.4 Å². The Morgan fingerprint density at radius 3 is 2.31 bits per heavy atom. The third-order valence-electron chi connectivity index (χ3n) is 5.31. The minimum absolute atomic E-state index is 0.0790. The second-order valence-electron chi connectivity index (χ2n) is 7.32. The molecule has 0 aliphatic carbocycles. The lowest BCUT2D eigenvalue weighted by Crippen LogP contribution is -2.51. The summed E-state index contributed by atoms with van der Waals surface area (Å²) < 4.78 is 52.4. The fourth-order valence-corrected chi connectivity index (χ4v) is 4.96. The van der Waals surface area contributed by atoms with Crippen LogP contribution in [0, 0.1) is 5.82 Å². The Hall–Kier alpha value is -3.34. The Balaban J connectivity index is 1.64. The quantitative estimate of drug-likeness (QED) is 0.595. The second-order valence-corrected chi connectivity index (χ2v) is 9.18. The highest BCUT2D eigenvalue weighted by molar-refractivity contribution is 7.92. The average Bonchev–Trinajstić information content (AvgIpc) is 2.82. The van der Waals surface area contributed by atoms with Gasteiger partial charge in [0.25, 0.3) is 10.0 Å². The highest BCUT2D eigenvalue weighted by Gasteiger charge is 2.31. The highest BCUT2D eigenvalue weighted by Crippen LogP contribution is 2.34. The molecule has 0 atom stereocenters. The van der Waals surface area contributed by atoms with E-state index in [1.165, 1.54) is 35.2 Å². The van der Waals surface area contributed by atoms with Crippen LogP contribution >= 0.6 is 0 Å². The molecule has 2 heterocycles. The van der Waals surface area contributed by atoms with Gasteiger partial charge >= 0.3 is 0 Å². The maximum atomic E-state index is 13.5. The zero-order chi connectivity index (χ0) is 22.7. The lowest BCUT2D eigenvalue weighted by Gasteiger charge is -2.34. The fourth-order valence-electron chi connectivity index (χ4n) is 3.53. The Kier molecular flexibility index (Phi) is 6.17. The molecule has 32 heavy (non-hydrogen) atoms. The van der Waals surface area contributed by atoms with Gasteiger partial charge in [-0.3, -0.25) is 13.9 Å². The molecule has 2 aromatic carbocycles. The first-order valence-electron chi connectivity index (χ1n) is 10.0. The Labute approximate surface area is 185 Å². The van der Waals surface area contributed by atoms with E-state index in [0.29, 0.717) is 50.9 Å². The molecule has 2 aliphatic heterocycles. The van der Waals surface area contributed by atoms with Crippen molar-refractivity contribution in [1.82, 2.24) is 9.80 Å². The summed E-state index contributed by atoms with van der Waals surface area (Å²) in [4.78, 5) is 26.8. The van der Waals surface area contributed by atoms with Gasteiger partial charge in [0.2, 0.25) is 12.3 Å². The first kappa shape index (κ1) is 21.9. The fraction of sp³-hybridized carbons (Fsp3) is 0.333. The molecule has 0 aromatic heterocycles. The Morgan fingerprint density at radius 2 is 1.66 bits per heavy atom. The largest absolute Gasteiger partial charge is 0.486 e. The summed E-state index contributed by atoms with van der Waals surface area (Å²) in [5, 5.41) is 0. The van der Waals surface area contributed by atoms with Crippen LogP contribution in [0.5, 0.6) is 11.5 Å². The van der Waals surface area contributed by atoms with Gasteiger partial charge in [0.05, 0.1) is 10.6 Å². The van der Waals surface area contributed by atoms with Crippen molar-refractivity contribution < 1.29 is 31.9 Å². The van der Waals surface area contributed by atoms with E-state index < -0.39 is 28.3 Å². The van der Waals surface area contributed by atoms with Gasteiger partial charge in [-0.2, -0.15) is 0 Å². The van der Waals surface area contributed by atoms with Gasteiger partial charge in [-0.25, -0.2) is 12.8 Å². The van der Waals surface area contributed by atoms with Gasteiger partial charge in [0, 0.05) is 32.2 Å². The normalized spacial score (nSPS) is 15.9. The predicted molar refractivity (Wildman–Crippen MR) is 113 cm³/mol. The number of sulfonamides is 1. The summed E-state index contributed by atoms with van der Waals surface area (Å²) in [5.41, 5.74) is 0.154. The molecule has 4 rings (SSSR count). The van der Waals surface area contributed by atoms with E-state index >= 15 is 0 Å². The number of carbonyl (C=O) groups excluding carboxylic acids is 2. The number of piperazine rings is 1. The molecule has 2 amide bonds. The van der Waals surface area contributed by atoms with Crippen LogP contribution in [-0.2, 0) is 19.6 Å². The molecule has 2 aromatic rings. The minimum atomic E-state index is -4.19. The minimum Gasteiger partial charge on any atom is -0.486 e. The monoisotopic (exact) mass is 463 g/mol. The van der Waals surface area contributed by atoms with Crippen molar-refractivity contribution in [2.75, 3.05) is 50.2 Å². The van der Waals surface area contributed by atoms with Crippen LogP contribution in [0.25, 0.3) is 0 Å². The molecular weight excluding hydrogens is 441 g/mol. The van der Waals surface area contributed by atoms with Crippen molar-refractivity contribution in [2.45, 2.75) is 4.90 Å². The molecule has 0 spiro atoms. The van der Waals surface area contributed by atoms with E-state index in [1.54, 1.807) is 4.90 Å². The number of carbonyl (C=O) groups is 2. The number of nitrogens with zero attached hydrogens (tertiary/aromatic N) is 3. The lowest BCUT2D eigenvalue weighted by atomic mass is 10.3. The van der Waals surface area contributed by atoms with Crippen molar-refractivity contribution in [3.05, 3.63) is 48.3 Å². The van der Waals surface area contributed by atoms with Gasteiger partial charge in [-0.1, -0.05) is 0 Å². The van der Waals surface area contributed by atoms with E-state index in [9.17, 15) is 22.4 Å². The van der Waals surface area contributed by atoms with Crippen molar-refractivity contribution in [3.63, 3.8) is 0 Å². The number of benzene rings is 2. The Bertz CT molecular complexity index is 1100. The van der Waals surface area contributed by atoms with E-state index in [4.69, 9.17) is 9.47 Å². The highest BCUT2D eigenvalue weighted by atomic mass is 32.2. The molecule has 1 fully saturated rings.